The van der Waals surface area contributed by atoms with Crippen LogP contribution in [0.25, 0.3) is 11.1 Å². The highest BCUT2D eigenvalue weighted by Gasteiger charge is 2.28. The molecule has 2 aromatic carbocycles. The summed E-state index contributed by atoms with van der Waals surface area (Å²) in [6, 6.07) is 14.6. The van der Waals surface area contributed by atoms with E-state index in [1.165, 1.54) is 22.3 Å². The minimum Gasteiger partial charge on any atom is -0.330 e. The van der Waals surface area contributed by atoms with Gasteiger partial charge in [-0.3, -0.25) is 0 Å². The number of rotatable bonds is 2. The second kappa shape index (κ2) is 4.17. The average molecular weight is 244 g/mol. The van der Waals surface area contributed by atoms with Crippen LogP contribution in [0.3, 0.4) is 0 Å². The van der Waals surface area contributed by atoms with Crippen LogP contribution < -0.4 is 5.73 Å². The third kappa shape index (κ3) is 1.58. The molecule has 2 N–H and O–H groups in total. The van der Waals surface area contributed by atoms with Gasteiger partial charge in [0.05, 0.1) is 0 Å². The quantitative estimate of drug-likeness (QED) is 0.853. The summed E-state index contributed by atoms with van der Waals surface area (Å²) in [5, 5.41) is 0.842. The summed E-state index contributed by atoms with van der Waals surface area (Å²) in [5.41, 5.74) is 10.9. The maximum atomic E-state index is 6.33. The summed E-state index contributed by atoms with van der Waals surface area (Å²) >= 11 is 6.33. The molecular formula is C15H14ClN. The van der Waals surface area contributed by atoms with Crippen molar-refractivity contribution in [2.45, 2.75) is 12.3 Å². The molecule has 1 aliphatic rings. The SMILES string of the molecule is NCCC1c2ccccc2-c2c(Cl)cccc21. The average Bonchev–Trinajstić information content (AvgIpc) is 2.66. The smallest absolute Gasteiger partial charge is 0.0487 e. The summed E-state index contributed by atoms with van der Waals surface area (Å²) in [6.07, 6.45) is 0.977. The molecular weight excluding hydrogens is 230 g/mol. The van der Waals surface area contributed by atoms with E-state index in [1.807, 2.05) is 12.1 Å². The molecule has 1 aliphatic carbocycles. The predicted octanol–water partition coefficient (Wildman–Crippen LogP) is 3.80. The molecule has 0 aliphatic heterocycles. The van der Waals surface area contributed by atoms with Crippen LogP contribution in [0.5, 0.6) is 0 Å². The molecule has 0 radical (unpaired) electrons. The Morgan fingerprint density at radius 2 is 1.76 bits per heavy atom. The van der Waals surface area contributed by atoms with Crippen molar-refractivity contribution >= 4 is 11.6 Å². The summed E-state index contributed by atoms with van der Waals surface area (Å²) in [4.78, 5) is 0. The Hall–Kier alpha value is -1.31. The first kappa shape index (κ1) is 10.8. The molecule has 86 valence electrons. The number of hydrogen-bond donors (Lipinski definition) is 1. The van der Waals surface area contributed by atoms with E-state index in [2.05, 4.69) is 30.3 Å². The standard InChI is InChI=1S/C15H14ClN/c16-14-7-3-6-13-11(8-9-17)10-4-1-2-5-12(10)15(13)14/h1-7,11H,8-9,17H2. The lowest BCUT2D eigenvalue weighted by Crippen LogP contribution is -2.06. The van der Waals surface area contributed by atoms with Gasteiger partial charge in [0, 0.05) is 16.5 Å². The van der Waals surface area contributed by atoms with Gasteiger partial charge in [0.25, 0.3) is 0 Å². The van der Waals surface area contributed by atoms with E-state index in [9.17, 15) is 0 Å². The molecule has 0 saturated carbocycles. The van der Waals surface area contributed by atoms with Gasteiger partial charge in [0.1, 0.15) is 0 Å². The van der Waals surface area contributed by atoms with Crippen LogP contribution in [0.2, 0.25) is 5.02 Å². The minimum absolute atomic E-state index is 0.407. The molecule has 0 spiro atoms. The van der Waals surface area contributed by atoms with E-state index in [0.29, 0.717) is 12.5 Å². The highest BCUT2D eigenvalue weighted by atomic mass is 35.5. The van der Waals surface area contributed by atoms with Gasteiger partial charge in [-0.1, -0.05) is 48.0 Å². The fourth-order valence-corrected chi connectivity index (χ4v) is 3.07. The van der Waals surface area contributed by atoms with E-state index < -0.39 is 0 Å². The molecule has 0 aromatic heterocycles. The first-order chi connectivity index (χ1) is 8.33. The van der Waals surface area contributed by atoms with Crippen molar-refractivity contribution in [2.24, 2.45) is 5.73 Å². The number of halogens is 1. The highest BCUT2D eigenvalue weighted by Crippen LogP contribution is 2.48. The van der Waals surface area contributed by atoms with Crippen molar-refractivity contribution < 1.29 is 0 Å². The van der Waals surface area contributed by atoms with E-state index in [0.717, 1.165) is 11.4 Å². The second-order valence-corrected chi connectivity index (χ2v) is 4.83. The van der Waals surface area contributed by atoms with Gasteiger partial charge in [-0.05, 0) is 35.7 Å². The molecule has 0 saturated heterocycles. The second-order valence-electron chi connectivity index (χ2n) is 4.42. The zero-order chi connectivity index (χ0) is 11.8. The molecule has 2 heteroatoms. The van der Waals surface area contributed by atoms with Gasteiger partial charge in [-0.2, -0.15) is 0 Å². The number of fused-ring (bicyclic) bond motifs is 3. The van der Waals surface area contributed by atoms with Gasteiger partial charge in [-0.15, -0.1) is 0 Å². The van der Waals surface area contributed by atoms with Crippen LogP contribution >= 0.6 is 11.6 Å². The predicted molar refractivity (Wildman–Crippen MR) is 72.4 cm³/mol. The van der Waals surface area contributed by atoms with Crippen molar-refractivity contribution in [3.8, 4) is 11.1 Å². The zero-order valence-electron chi connectivity index (χ0n) is 9.49. The molecule has 0 heterocycles. The highest BCUT2D eigenvalue weighted by molar-refractivity contribution is 6.33. The number of nitrogens with two attached hydrogens (primary N) is 1. The zero-order valence-corrected chi connectivity index (χ0v) is 10.2. The summed E-state index contributed by atoms with van der Waals surface area (Å²) in [7, 11) is 0. The summed E-state index contributed by atoms with van der Waals surface area (Å²) < 4.78 is 0. The van der Waals surface area contributed by atoms with Crippen molar-refractivity contribution in [1.29, 1.82) is 0 Å². The lowest BCUT2D eigenvalue weighted by molar-refractivity contribution is 0.741. The Morgan fingerprint density at radius 1 is 1.00 bits per heavy atom. The van der Waals surface area contributed by atoms with Crippen LogP contribution in [0.15, 0.2) is 42.5 Å². The normalized spacial score (nSPS) is 16.7. The fourth-order valence-electron chi connectivity index (χ4n) is 2.79. The first-order valence-electron chi connectivity index (χ1n) is 5.90. The van der Waals surface area contributed by atoms with E-state index in [-0.39, 0.29) is 0 Å². The lowest BCUT2D eigenvalue weighted by atomic mass is 9.94. The van der Waals surface area contributed by atoms with Crippen molar-refractivity contribution in [3.63, 3.8) is 0 Å². The van der Waals surface area contributed by atoms with Crippen molar-refractivity contribution in [1.82, 2.24) is 0 Å². The van der Waals surface area contributed by atoms with Gasteiger partial charge in [0.15, 0.2) is 0 Å². The van der Waals surface area contributed by atoms with Gasteiger partial charge >= 0.3 is 0 Å². The van der Waals surface area contributed by atoms with Gasteiger partial charge < -0.3 is 5.73 Å². The Balaban J connectivity index is 2.26. The maximum absolute atomic E-state index is 6.33. The van der Waals surface area contributed by atoms with E-state index >= 15 is 0 Å². The fraction of sp³-hybridized carbons (Fsp3) is 0.200. The molecule has 1 nitrogen and oxygen atoms in total. The monoisotopic (exact) mass is 243 g/mol. The van der Waals surface area contributed by atoms with Crippen LogP contribution in [-0.2, 0) is 0 Å². The Kier molecular flexibility index (Phi) is 2.65. The van der Waals surface area contributed by atoms with Gasteiger partial charge in [0.2, 0.25) is 0 Å². The van der Waals surface area contributed by atoms with Crippen molar-refractivity contribution in [3.05, 3.63) is 58.6 Å². The molecule has 1 unspecified atom stereocenters. The van der Waals surface area contributed by atoms with Crippen molar-refractivity contribution in [2.75, 3.05) is 6.54 Å². The van der Waals surface area contributed by atoms with E-state index in [1.54, 1.807) is 0 Å². The molecule has 2 aromatic rings. The lowest BCUT2D eigenvalue weighted by Gasteiger charge is -2.11. The van der Waals surface area contributed by atoms with Crippen LogP contribution in [0.4, 0.5) is 0 Å². The van der Waals surface area contributed by atoms with Crippen LogP contribution in [0.1, 0.15) is 23.5 Å². The third-order valence-electron chi connectivity index (χ3n) is 3.48. The minimum atomic E-state index is 0.407. The summed E-state index contributed by atoms with van der Waals surface area (Å²) in [5.74, 6) is 0.407. The Morgan fingerprint density at radius 3 is 2.59 bits per heavy atom. The molecule has 17 heavy (non-hydrogen) atoms. The first-order valence-corrected chi connectivity index (χ1v) is 6.28. The topological polar surface area (TPSA) is 26.0 Å². The molecule has 3 rings (SSSR count). The molecule has 0 bridgehead atoms. The largest absolute Gasteiger partial charge is 0.330 e. The maximum Gasteiger partial charge on any atom is 0.0487 e. The number of benzene rings is 2. The number of hydrogen-bond acceptors (Lipinski definition) is 1. The molecule has 1 atom stereocenters. The molecule has 0 fully saturated rings. The summed E-state index contributed by atoms with van der Waals surface area (Å²) in [6.45, 7) is 0.699. The van der Waals surface area contributed by atoms with Crippen LogP contribution in [0, 0.1) is 0 Å². The third-order valence-corrected chi connectivity index (χ3v) is 3.80. The van der Waals surface area contributed by atoms with Crippen LogP contribution in [-0.4, -0.2) is 6.54 Å². The van der Waals surface area contributed by atoms with Gasteiger partial charge in [-0.25, -0.2) is 0 Å². The Bertz CT molecular complexity index is 563. The molecule has 0 amide bonds. The van der Waals surface area contributed by atoms with E-state index in [4.69, 9.17) is 17.3 Å². The Labute approximate surface area is 106 Å².